The predicted octanol–water partition coefficient (Wildman–Crippen LogP) is 3.64. The molecule has 0 aromatic heterocycles. The smallest absolute Gasteiger partial charge is 0.0577 e. The van der Waals surface area contributed by atoms with Crippen LogP contribution in [0.5, 0.6) is 0 Å². The Kier molecular flexibility index (Phi) is 3.11. The van der Waals surface area contributed by atoms with Crippen molar-refractivity contribution in [2.45, 2.75) is 77.4 Å². The van der Waals surface area contributed by atoms with Gasteiger partial charge >= 0.3 is 0 Å². The van der Waals surface area contributed by atoms with E-state index in [2.05, 4.69) is 19.9 Å². The van der Waals surface area contributed by atoms with Crippen LogP contribution in [-0.4, -0.2) is 17.3 Å². The Morgan fingerprint density at radius 1 is 1.10 bits per heavy atom. The molecule has 0 amide bonds. The van der Waals surface area contributed by atoms with Gasteiger partial charge in [0.2, 0.25) is 0 Å². The lowest BCUT2D eigenvalue weighted by atomic mass is 9.48. The number of hydrogen-bond donors (Lipinski definition) is 2. The lowest BCUT2D eigenvalue weighted by Crippen LogP contribution is -2.52. The van der Waals surface area contributed by atoms with Gasteiger partial charge in [-0.3, -0.25) is 0 Å². The van der Waals surface area contributed by atoms with Crippen molar-refractivity contribution in [2.75, 3.05) is 0 Å². The van der Waals surface area contributed by atoms with Crippen LogP contribution >= 0.6 is 0 Å². The fourth-order valence-electron chi connectivity index (χ4n) is 6.68. The Bertz CT molecular complexity index is 472. The maximum atomic E-state index is 10.0. The number of fused-ring (bicyclic) bond motifs is 5. The molecule has 0 aromatic carbocycles. The summed E-state index contributed by atoms with van der Waals surface area (Å²) < 4.78 is 0. The van der Waals surface area contributed by atoms with Crippen molar-refractivity contribution in [2.24, 2.45) is 34.3 Å². The van der Waals surface area contributed by atoms with Crippen LogP contribution in [0.2, 0.25) is 0 Å². The molecule has 118 valence electrons. The molecule has 3 N–H and O–H groups in total. The van der Waals surface area contributed by atoms with E-state index in [0.29, 0.717) is 16.9 Å². The summed E-state index contributed by atoms with van der Waals surface area (Å²) >= 11 is 0. The molecule has 4 aliphatic carbocycles. The van der Waals surface area contributed by atoms with Gasteiger partial charge in [0.15, 0.2) is 0 Å². The van der Waals surface area contributed by atoms with Crippen LogP contribution < -0.4 is 5.73 Å². The first-order valence-electron chi connectivity index (χ1n) is 9.08. The predicted molar refractivity (Wildman–Crippen MR) is 85.7 cm³/mol. The summed E-state index contributed by atoms with van der Waals surface area (Å²) in [5, 5.41) is 10.0. The summed E-state index contributed by atoms with van der Waals surface area (Å²) in [6.07, 6.45) is 12.1. The van der Waals surface area contributed by atoms with Gasteiger partial charge in [-0.2, -0.15) is 0 Å². The molecule has 0 bridgehead atoms. The van der Waals surface area contributed by atoms with Crippen molar-refractivity contribution in [3.05, 3.63) is 11.6 Å². The molecule has 7 atom stereocenters. The minimum atomic E-state index is -0.0883. The van der Waals surface area contributed by atoms with Gasteiger partial charge < -0.3 is 10.8 Å². The Morgan fingerprint density at radius 3 is 2.71 bits per heavy atom. The molecule has 0 aliphatic heterocycles. The standard InChI is InChI=1S/C19H31NO/c1-18-9-7-13(21)11-12(18)3-4-14-15-5-6-17(20)19(15,2)10-8-16(14)18/h3,13-17,21H,4-11,20H2,1-2H3/t13-,14-,15+,16-,17+,18+,19+/m1/s1. The summed E-state index contributed by atoms with van der Waals surface area (Å²) in [6.45, 7) is 4.97. The van der Waals surface area contributed by atoms with Crippen molar-refractivity contribution >= 4 is 0 Å². The maximum absolute atomic E-state index is 10.0. The third-order valence-electron chi connectivity index (χ3n) is 8.15. The molecule has 0 spiro atoms. The molecule has 2 heteroatoms. The number of aliphatic hydroxyl groups excluding tert-OH is 1. The summed E-state index contributed by atoms with van der Waals surface area (Å²) in [7, 11) is 0. The maximum Gasteiger partial charge on any atom is 0.0577 e. The molecule has 3 saturated carbocycles. The molecule has 0 unspecified atom stereocenters. The molecular formula is C19H31NO. The van der Waals surface area contributed by atoms with Crippen LogP contribution in [0.3, 0.4) is 0 Å². The molecular weight excluding hydrogens is 258 g/mol. The second-order valence-corrected chi connectivity index (χ2v) is 8.88. The normalized spacial score (nSPS) is 56.2. The second kappa shape index (κ2) is 4.58. The zero-order valence-corrected chi connectivity index (χ0v) is 13.6. The van der Waals surface area contributed by atoms with Crippen molar-refractivity contribution in [3.63, 3.8) is 0 Å². The third-order valence-corrected chi connectivity index (χ3v) is 8.15. The number of allylic oxidation sites excluding steroid dienone is 1. The monoisotopic (exact) mass is 289 g/mol. The van der Waals surface area contributed by atoms with E-state index in [1.165, 1.54) is 38.5 Å². The third kappa shape index (κ3) is 1.84. The van der Waals surface area contributed by atoms with Crippen LogP contribution in [0, 0.1) is 28.6 Å². The van der Waals surface area contributed by atoms with Gasteiger partial charge in [0.25, 0.3) is 0 Å². The lowest BCUT2D eigenvalue weighted by molar-refractivity contribution is -0.0401. The lowest BCUT2D eigenvalue weighted by Gasteiger charge is -2.57. The number of hydrogen-bond acceptors (Lipinski definition) is 2. The van der Waals surface area contributed by atoms with Crippen molar-refractivity contribution in [1.82, 2.24) is 0 Å². The van der Waals surface area contributed by atoms with E-state index in [1.807, 2.05) is 0 Å². The Labute approximate surface area is 129 Å². The van der Waals surface area contributed by atoms with E-state index in [9.17, 15) is 5.11 Å². The molecule has 4 rings (SSSR count). The van der Waals surface area contributed by atoms with Crippen LogP contribution in [0.15, 0.2) is 11.6 Å². The highest BCUT2D eigenvalue weighted by Crippen LogP contribution is 2.64. The van der Waals surface area contributed by atoms with Crippen molar-refractivity contribution in [3.8, 4) is 0 Å². The second-order valence-electron chi connectivity index (χ2n) is 8.88. The zero-order chi connectivity index (χ0) is 14.8. The highest BCUT2D eigenvalue weighted by atomic mass is 16.3. The molecule has 4 aliphatic rings. The average Bonchev–Trinajstić information content (AvgIpc) is 2.76. The highest BCUT2D eigenvalue weighted by molar-refractivity contribution is 5.25. The fraction of sp³-hybridized carbons (Fsp3) is 0.895. The van der Waals surface area contributed by atoms with Crippen LogP contribution in [-0.2, 0) is 0 Å². The molecule has 3 fully saturated rings. The zero-order valence-electron chi connectivity index (χ0n) is 13.6. The van der Waals surface area contributed by atoms with E-state index in [4.69, 9.17) is 5.73 Å². The van der Waals surface area contributed by atoms with Crippen LogP contribution in [0.4, 0.5) is 0 Å². The van der Waals surface area contributed by atoms with E-state index < -0.39 is 0 Å². The largest absolute Gasteiger partial charge is 0.393 e. The first kappa shape index (κ1) is 14.3. The molecule has 2 nitrogen and oxygen atoms in total. The van der Waals surface area contributed by atoms with Crippen molar-refractivity contribution < 1.29 is 5.11 Å². The highest BCUT2D eigenvalue weighted by Gasteiger charge is 2.57. The molecule has 0 radical (unpaired) electrons. The average molecular weight is 289 g/mol. The van der Waals surface area contributed by atoms with E-state index in [-0.39, 0.29) is 6.10 Å². The number of aliphatic hydroxyl groups is 1. The summed E-state index contributed by atoms with van der Waals surface area (Å²) in [5.74, 6) is 2.53. The van der Waals surface area contributed by atoms with Gasteiger partial charge in [0.05, 0.1) is 6.10 Å². The van der Waals surface area contributed by atoms with E-state index in [0.717, 1.165) is 30.6 Å². The summed E-state index contributed by atoms with van der Waals surface area (Å²) in [5.41, 5.74) is 8.83. The Morgan fingerprint density at radius 2 is 1.90 bits per heavy atom. The molecule has 21 heavy (non-hydrogen) atoms. The first-order valence-corrected chi connectivity index (χ1v) is 9.08. The van der Waals surface area contributed by atoms with Crippen LogP contribution in [0.1, 0.15) is 65.2 Å². The van der Waals surface area contributed by atoms with Crippen LogP contribution in [0.25, 0.3) is 0 Å². The number of rotatable bonds is 0. The van der Waals surface area contributed by atoms with E-state index in [1.54, 1.807) is 5.57 Å². The van der Waals surface area contributed by atoms with Gasteiger partial charge in [-0.1, -0.05) is 25.5 Å². The first-order chi connectivity index (χ1) is 9.95. The minimum Gasteiger partial charge on any atom is -0.393 e. The number of nitrogens with two attached hydrogens (primary N) is 1. The quantitative estimate of drug-likeness (QED) is 0.669. The van der Waals surface area contributed by atoms with Gasteiger partial charge in [-0.15, -0.1) is 0 Å². The molecule has 0 saturated heterocycles. The molecule has 0 aromatic rings. The summed E-state index contributed by atoms with van der Waals surface area (Å²) in [4.78, 5) is 0. The molecule has 0 heterocycles. The summed E-state index contributed by atoms with van der Waals surface area (Å²) in [6, 6.07) is 0.426. The van der Waals surface area contributed by atoms with Gasteiger partial charge in [0, 0.05) is 6.04 Å². The van der Waals surface area contributed by atoms with Gasteiger partial charge in [0.1, 0.15) is 0 Å². The van der Waals surface area contributed by atoms with E-state index >= 15 is 0 Å². The SMILES string of the molecule is C[C@]12CC[C@@H]3[C@H](CC=C4C[C@H](O)CC[C@@]43C)[C@@H]1CC[C@@H]2N. The Balaban J connectivity index is 1.68. The van der Waals surface area contributed by atoms with Gasteiger partial charge in [-0.25, -0.2) is 0 Å². The Hall–Kier alpha value is -0.340. The van der Waals surface area contributed by atoms with Gasteiger partial charge in [-0.05, 0) is 80.0 Å². The minimum absolute atomic E-state index is 0.0883. The fourth-order valence-corrected chi connectivity index (χ4v) is 6.68. The van der Waals surface area contributed by atoms with Crippen molar-refractivity contribution in [1.29, 1.82) is 0 Å². The topological polar surface area (TPSA) is 46.2 Å².